The van der Waals surface area contributed by atoms with E-state index < -0.39 is 25.9 Å². The van der Waals surface area contributed by atoms with Crippen molar-refractivity contribution in [2.45, 2.75) is 12.9 Å². The Balaban J connectivity index is 0. The molecule has 0 saturated carbocycles. The monoisotopic (exact) mass is 323 g/mol. The van der Waals surface area contributed by atoms with E-state index in [2.05, 4.69) is 0 Å². The summed E-state index contributed by atoms with van der Waals surface area (Å²) in [4.78, 5) is 11.3. The van der Waals surface area contributed by atoms with Crippen molar-refractivity contribution in [2.24, 2.45) is 0 Å². The van der Waals surface area contributed by atoms with Crippen LogP contribution in [0.25, 0.3) is 0 Å². The average Bonchev–Trinajstić information content (AvgIpc) is 2.24. The van der Waals surface area contributed by atoms with Crippen LogP contribution in [0.1, 0.15) is 5.56 Å². The number of carbonyl (C=O) groups excluding carboxylic acids is 1. The molecule has 0 aromatic heterocycles. The second kappa shape index (κ2) is 11.2. The summed E-state index contributed by atoms with van der Waals surface area (Å²) in [5.74, 6) is 0. The van der Waals surface area contributed by atoms with Gasteiger partial charge >= 0.3 is 110 Å². The molecule has 1 amide bonds. The first-order valence-corrected chi connectivity index (χ1v) is 5.09. The van der Waals surface area contributed by atoms with Gasteiger partial charge in [0.05, 0.1) is 0 Å². The van der Waals surface area contributed by atoms with E-state index in [0.29, 0.717) is 10.5 Å². The molecule has 1 rings (SSSR count). The quantitative estimate of drug-likeness (QED) is 0.515. The summed E-state index contributed by atoms with van der Waals surface area (Å²) >= 11 is 0. The number of nitrogens with zero attached hydrogens (tertiary/aromatic N) is 1. The molecule has 0 saturated heterocycles. The number of hydrogen-bond donors (Lipinski definition) is 0. The topological polar surface area (TPSA) is 43.4 Å². The van der Waals surface area contributed by atoms with Gasteiger partial charge in [-0.25, -0.2) is 0 Å². The molecule has 0 aliphatic rings. The van der Waals surface area contributed by atoms with E-state index in [0.717, 1.165) is 0 Å². The van der Waals surface area contributed by atoms with Gasteiger partial charge in [-0.3, -0.25) is 0 Å². The van der Waals surface area contributed by atoms with E-state index in [1.54, 1.807) is 30.3 Å². The molecule has 0 bridgehead atoms. The van der Waals surface area contributed by atoms with E-state index in [1.807, 2.05) is 0 Å². The summed E-state index contributed by atoms with van der Waals surface area (Å²) in [5, 5.41) is 10.7. The van der Waals surface area contributed by atoms with Crippen LogP contribution in [0.3, 0.4) is 0 Å². The van der Waals surface area contributed by atoms with E-state index in [1.165, 1.54) is 0 Å². The fourth-order valence-electron chi connectivity index (χ4n) is 1.34. The van der Waals surface area contributed by atoms with Gasteiger partial charge in [0.25, 0.3) is 0 Å². The third-order valence-electron chi connectivity index (χ3n) is 2.20. The Morgan fingerprint density at radius 2 is 1.68 bits per heavy atom. The minimum atomic E-state index is -4.98. The standard InChI is InChI=1S/C10H12BF3NO2.2K/c12-11(13,14)6-7-15(10(16)17)8-9-4-2-1-3-5-9;;/h1-5H,6-8H2,(H,16,17);;/q-1;2*+1/p-1. The second-order valence-corrected chi connectivity index (χ2v) is 3.67. The van der Waals surface area contributed by atoms with E-state index >= 15 is 0 Å². The van der Waals surface area contributed by atoms with Crippen molar-refractivity contribution in [3.63, 3.8) is 0 Å². The Kier molecular flexibility index (Phi) is 13.5. The molecule has 0 spiro atoms. The van der Waals surface area contributed by atoms with Crippen LogP contribution in [0.5, 0.6) is 0 Å². The van der Waals surface area contributed by atoms with Crippen molar-refractivity contribution in [1.29, 1.82) is 0 Å². The fraction of sp³-hybridized carbons (Fsp3) is 0.300. The molecule has 19 heavy (non-hydrogen) atoms. The first-order valence-electron chi connectivity index (χ1n) is 5.09. The van der Waals surface area contributed by atoms with Crippen molar-refractivity contribution in [3.8, 4) is 0 Å². The van der Waals surface area contributed by atoms with Crippen LogP contribution < -0.4 is 108 Å². The maximum Gasteiger partial charge on any atom is 1.00 e. The Morgan fingerprint density at radius 3 is 2.11 bits per heavy atom. The SMILES string of the molecule is O=C([O-])N(CC[B-](F)(F)F)Cc1ccccc1.[K+].[K+]. The van der Waals surface area contributed by atoms with E-state index in [4.69, 9.17) is 0 Å². The van der Waals surface area contributed by atoms with Crippen molar-refractivity contribution in [3.05, 3.63) is 35.9 Å². The molecule has 0 aliphatic carbocycles. The zero-order valence-corrected chi connectivity index (χ0v) is 17.2. The maximum atomic E-state index is 12.0. The summed E-state index contributed by atoms with van der Waals surface area (Å²) in [5.41, 5.74) is 0.631. The van der Waals surface area contributed by atoms with Gasteiger partial charge in [0.2, 0.25) is 0 Å². The van der Waals surface area contributed by atoms with Gasteiger partial charge in [-0.05, 0) is 12.1 Å². The molecule has 1 aromatic carbocycles. The Morgan fingerprint density at radius 1 is 1.16 bits per heavy atom. The van der Waals surface area contributed by atoms with Crippen LogP contribution in [0.4, 0.5) is 17.7 Å². The molecule has 9 heteroatoms. The predicted octanol–water partition coefficient (Wildman–Crippen LogP) is -4.31. The maximum absolute atomic E-state index is 12.0. The summed E-state index contributed by atoms with van der Waals surface area (Å²) < 4.78 is 36.1. The number of amides is 1. The molecular weight excluding hydrogens is 312 g/mol. The number of carbonyl (C=O) groups is 1. The fourth-order valence-corrected chi connectivity index (χ4v) is 1.34. The Labute approximate surface area is 195 Å². The molecule has 94 valence electrons. The van der Waals surface area contributed by atoms with Crippen molar-refractivity contribution in [1.82, 2.24) is 4.90 Å². The zero-order chi connectivity index (χ0) is 12.9. The van der Waals surface area contributed by atoms with Gasteiger partial charge in [-0.2, -0.15) is 0 Å². The third kappa shape index (κ3) is 10.9. The van der Waals surface area contributed by atoms with Gasteiger partial charge in [-0.1, -0.05) is 36.7 Å². The number of carboxylic acid groups (broad SMARTS) is 1. The van der Waals surface area contributed by atoms with Gasteiger partial charge < -0.3 is 27.7 Å². The molecule has 0 heterocycles. The van der Waals surface area contributed by atoms with E-state index in [-0.39, 0.29) is 109 Å². The molecule has 0 radical (unpaired) electrons. The van der Waals surface area contributed by atoms with Gasteiger partial charge in [-0.15, -0.1) is 0 Å². The van der Waals surface area contributed by atoms with E-state index in [9.17, 15) is 22.8 Å². The predicted molar refractivity (Wildman–Crippen MR) is 56.1 cm³/mol. The second-order valence-electron chi connectivity index (χ2n) is 3.67. The van der Waals surface area contributed by atoms with Crippen molar-refractivity contribution >= 4 is 13.1 Å². The summed E-state index contributed by atoms with van der Waals surface area (Å²) in [6.45, 7) is -5.65. The number of hydrogen-bond acceptors (Lipinski definition) is 2. The van der Waals surface area contributed by atoms with Gasteiger partial charge in [0.1, 0.15) is 6.09 Å². The van der Waals surface area contributed by atoms with Crippen LogP contribution in [-0.4, -0.2) is 24.5 Å². The molecule has 0 aliphatic heterocycles. The van der Waals surface area contributed by atoms with Crippen LogP contribution >= 0.6 is 0 Å². The number of benzene rings is 1. The first kappa shape index (κ1) is 22.9. The molecule has 0 unspecified atom stereocenters. The molecular formula is C10H11BF3K2NO2. The van der Waals surface area contributed by atoms with Gasteiger partial charge in [0.15, 0.2) is 0 Å². The smallest absolute Gasteiger partial charge is 0.530 e. The Bertz CT molecular complexity index is 379. The first-order chi connectivity index (χ1) is 7.88. The molecule has 0 N–H and O–H groups in total. The van der Waals surface area contributed by atoms with Crippen molar-refractivity contribution < 1.29 is 126 Å². The number of rotatable bonds is 5. The minimum Gasteiger partial charge on any atom is -0.530 e. The van der Waals surface area contributed by atoms with Crippen molar-refractivity contribution in [2.75, 3.05) is 6.54 Å². The van der Waals surface area contributed by atoms with Crippen LogP contribution in [-0.2, 0) is 6.54 Å². The summed E-state index contributed by atoms with van der Waals surface area (Å²) in [7, 11) is 0. The minimum absolute atomic E-state index is 0. The molecule has 0 fully saturated rings. The van der Waals surface area contributed by atoms with Crippen LogP contribution in [0.15, 0.2) is 30.3 Å². The largest absolute Gasteiger partial charge is 1.00 e. The molecule has 0 atom stereocenters. The summed E-state index contributed by atoms with van der Waals surface area (Å²) in [6.07, 6.45) is -2.70. The zero-order valence-electron chi connectivity index (χ0n) is 11.0. The van der Waals surface area contributed by atoms with Gasteiger partial charge in [0, 0.05) is 6.54 Å². The molecule has 1 aromatic rings. The summed E-state index contributed by atoms with van der Waals surface area (Å²) in [6, 6.07) is 8.42. The van der Waals surface area contributed by atoms with Crippen LogP contribution in [0.2, 0.25) is 6.32 Å². The normalized spacial score (nSPS) is 10.1. The molecule has 3 nitrogen and oxygen atoms in total. The van der Waals surface area contributed by atoms with Crippen LogP contribution in [0, 0.1) is 0 Å². The average molecular weight is 323 g/mol. The number of halogens is 3. The third-order valence-corrected chi connectivity index (χ3v) is 2.20. The Hall–Kier alpha value is 1.62.